The molecule has 0 aromatic heterocycles. The second-order valence-corrected chi connectivity index (χ2v) is 12.3. The van der Waals surface area contributed by atoms with Gasteiger partial charge in [0.2, 0.25) is 0 Å². The van der Waals surface area contributed by atoms with Gasteiger partial charge >= 0.3 is 5.97 Å². The Bertz CT molecular complexity index is 1850. The van der Waals surface area contributed by atoms with Crippen LogP contribution >= 0.6 is 0 Å². The first-order valence-electron chi connectivity index (χ1n) is 14.9. The molecule has 0 fully saturated rings. The van der Waals surface area contributed by atoms with Crippen molar-refractivity contribution in [2.45, 2.75) is 39.5 Å². The number of nitrogen functional groups attached to an aromatic ring is 1. The molecule has 3 aromatic rings. The number of carbonyl (C=O) groups excluding carboxylic acids is 1. The number of hydrogen-bond acceptors (Lipinski definition) is 10. The van der Waals surface area contributed by atoms with Crippen LogP contribution in [0.25, 0.3) is 0 Å². The normalized spacial score (nSPS) is 15.0. The lowest BCUT2D eigenvalue weighted by molar-refractivity contribution is -0.140. The van der Waals surface area contributed by atoms with Crippen LogP contribution in [0, 0.1) is 12.8 Å². The molecule has 0 aliphatic heterocycles. The van der Waals surface area contributed by atoms with Crippen LogP contribution in [0.3, 0.4) is 0 Å². The molecule has 13 nitrogen and oxygen atoms in total. The highest BCUT2D eigenvalue weighted by molar-refractivity contribution is 7.85. The van der Waals surface area contributed by atoms with Crippen molar-refractivity contribution >= 4 is 50.4 Å². The van der Waals surface area contributed by atoms with E-state index in [0.717, 1.165) is 11.1 Å². The largest absolute Gasteiger partial charge is 0.491 e. The Labute approximate surface area is 272 Å². The summed E-state index contributed by atoms with van der Waals surface area (Å²) < 4.78 is 36.4. The van der Waals surface area contributed by atoms with Crippen molar-refractivity contribution in [2.75, 3.05) is 18.1 Å². The Morgan fingerprint density at radius 1 is 1.00 bits per heavy atom. The molecule has 0 spiro atoms. The van der Waals surface area contributed by atoms with E-state index in [2.05, 4.69) is 25.8 Å². The van der Waals surface area contributed by atoms with Crippen LogP contribution in [0.2, 0.25) is 0 Å². The molecule has 5 N–H and O–H groups in total. The van der Waals surface area contributed by atoms with Gasteiger partial charge in [-0.3, -0.25) is 14.1 Å². The van der Waals surface area contributed by atoms with E-state index in [4.69, 9.17) is 15.0 Å². The standard InChI is InChI=1S/C33H36N6O7S/c1-3-22-19-28(34)31(46-16-5-17-47(43,44)45)20-30(22)39-37-27-14-15-29(21(2)18-27)38-36-26-12-8-23(9-13-26)32(40)35-25-7-4-6-24(10-11-25)33(41)42/h7-15,18-20,24H,3-6,16-17,34H2,1-2H3,(H,35,40)(H,41,42)(H,43,44,45)/b38-36-,39-37?. The first kappa shape index (κ1) is 34.7. The molecule has 1 atom stereocenters. The molecule has 0 radical (unpaired) electrons. The quantitative estimate of drug-likeness (QED) is 0.0632. The minimum Gasteiger partial charge on any atom is -0.491 e. The molecule has 3 aromatic carbocycles. The summed E-state index contributed by atoms with van der Waals surface area (Å²) in [6.07, 6.45) is 6.79. The SMILES string of the molecule is CCc1cc(N)c(OCCCS(=O)(=O)O)cc1N=Nc1ccc(/N=N\c2ccc(C(=O)NC3=CCCC(C(=O)O)C=C3)cc2)c(C)c1. The third-order valence-electron chi connectivity index (χ3n) is 7.18. The molecule has 0 bridgehead atoms. The van der Waals surface area contributed by atoms with Crippen molar-refractivity contribution in [1.29, 1.82) is 0 Å². The van der Waals surface area contributed by atoms with Gasteiger partial charge in [0, 0.05) is 17.3 Å². The first-order chi connectivity index (χ1) is 22.4. The summed E-state index contributed by atoms with van der Waals surface area (Å²) in [5, 5.41) is 29.4. The van der Waals surface area contributed by atoms with Gasteiger partial charge in [-0.2, -0.15) is 28.9 Å². The lowest BCUT2D eigenvalue weighted by Gasteiger charge is -2.12. The molecule has 14 heteroatoms. The third kappa shape index (κ3) is 10.4. The van der Waals surface area contributed by atoms with Crippen LogP contribution < -0.4 is 15.8 Å². The summed E-state index contributed by atoms with van der Waals surface area (Å²) in [6, 6.07) is 15.4. The average molecular weight is 661 g/mol. The minimum atomic E-state index is -4.07. The number of ether oxygens (including phenoxy) is 1. The number of aliphatic carboxylic acids is 1. The van der Waals surface area contributed by atoms with Crippen LogP contribution in [-0.2, 0) is 21.3 Å². The topological polar surface area (TPSA) is 205 Å². The number of benzene rings is 3. The third-order valence-corrected chi connectivity index (χ3v) is 7.98. The number of azo groups is 2. The van der Waals surface area contributed by atoms with Crippen molar-refractivity contribution in [1.82, 2.24) is 5.32 Å². The zero-order valence-electron chi connectivity index (χ0n) is 26.0. The van der Waals surface area contributed by atoms with Crippen molar-refractivity contribution in [3.63, 3.8) is 0 Å². The van der Waals surface area contributed by atoms with Crippen LogP contribution in [-0.4, -0.2) is 42.3 Å². The lowest BCUT2D eigenvalue weighted by atomic mass is 10.1. The van der Waals surface area contributed by atoms with Gasteiger partial charge in [0.15, 0.2) is 0 Å². The smallest absolute Gasteiger partial charge is 0.310 e. The first-order valence-corrected chi connectivity index (χ1v) is 16.5. The predicted molar refractivity (Wildman–Crippen MR) is 178 cm³/mol. The highest BCUT2D eigenvalue weighted by atomic mass is 32.2. The molecule has 0 heterocycles. The Balaban J connectivity index is 1.38. The number of aryl methyl sites for hydroxylation is 2. The summed E-state index contributed by atoms with van der Waals surface area (Å²) in [5.41, 5.74) is 11.5. The van der Waals surface area contributed by atoms with Crippen LogP contribution in [0.15, 0.2) is 99.0 Å². The maximum atomic E-state index is 12.7. The van der Waals surface area contributed by atoms with E-state index in [9.17, 15) is 23.1 Å². The molecule has 47 heavy (non-hydrogen) atoms. The number of allylic oxidation sites excluding steroid dienone is 2. The van der Waals surface area contributed by atoms with Gasteiger partial charge in [-0.25, -0.2) is 0 Å². The highest BCUT2D eigenvalue weighted by Crippen LogP contribution is 2.34. The number of amides is 1. The minimum absolute atomic E-state index is 0.0505. The van der Waals surface area contributed by atoms with Crippen molar-refractivity contribution in [3.05, 3.63) is 95.2 Å². The van der Waals surface area contributed by atoms with Crippen molar-refractivity contribution in [3.8, 4) is 5.75 Å². The number of nitrogens with two attached hydrogens (primary N) is 1. The molecular weight excluding hydrogens is 624 g/mol. The van der Waals surface area contributed by atoms with Gasteiger partial charge in [-0.15, -0.1) is 0 Å². The van der Waals surface area contributed by atoms with Gasteiger partial charge < -0.3 is 20.9 Å². The van der Waals surface area contributed by atoms with E-state index in [0.29, 0.717) is 64.7 Å². The summed E-state index contributed by atoms with van der Waals surface area (Å²) >= 11 is 0. The lowest BCUT2D eigenvalue weighted by Crippen LogP contribution is -2.21. The number of hydrogen-bond donors (Lipinski definition) is 4. The van der Waals surface area contributed by atoms with Gasteiger partial charge in [-0.05, 0) is 98.3 Å². The van der Waals surface area contributed by atoms with E-state index in [1.165, 1.54) is 0 Å². The van der Waals surface area contributed by atoms with Gasteiger partial charge in [0.1, 0.15) is 5.75 Å². The Morgan fingerprint density at radius 2 is 1.70 bits per heavy atom. The number of rotatable bonds is 13. The zero-order chi connectivity index (χ0) is 34.0. The fourth-order valence-electron chi connectivity index (χ4n) is 4.58. The van der Waals surface area contributed by atoms with E-state index >= 15 is 0 Å². The number of anilines is 1. The molecule has 1 unspecified atom stereocenters. The highest BCUT2D eigenvalue weighted by Gasteiger charge is 2.16. The molecule has 0 saturated heterocycles. The molecule has 1 amide bonds. The van der Waals surface area contributed by atoms with E-state index in [-0.39, 0.29) is 18.9 Å². The Morgan fingerprint density at radius 3 is 2.38 bits per heavy atom. The molecule has 1 aliphatic carbocycles. The number of carbonyl (C=O) groups is 2. The van der Waals surface area contributed by atoms with Crippen molar-refractivity contribution in [2.24, 2.45) is 26.4 Å². The molecular formula is C33H36N6O7S. The van der Waals surface area contributed by atoms with Gasteiger partial charge in [-0.1, -0.05) is 19.1 Å². The van der Waals surface area contributed by atoms with Crippen LogP contribution in [0.4, 0.5) is 28.4 Å². The maximum absolute atomic E-state index is 12.7. The van der Waals surface area contributed by atoms with Crippen LogP contribution in [0.5, 0.6) is 5.75 Å². The summed E-state index contributed by atoms with van der Waals surface area (Å²) in [5.74, 6) is -1.85. The summed E-state index contributed by atoms with van der Waals surface area (Å²) in [4.78, 5) is 23.9. The number of nitrogens with zero attached hydrogens (tertiary/aromatic N) is 4. The predicted octanol–water partition coefficient (Wildman–Crippen LogP) is 7.29. The monoisotopic (exact) mass is 660 g/mol. The fraction of sp³-hybridized carbons (Fsp3) is 0.273. The zero-order valence-corrected chi connectivity index (χ0v) is 26.8. The van der Waals surface area contributed by atoms with Crippen molar-refractivity contribution < 1.29 is 32.4 Å². The fourth-order valence-corrected chi connectivity index (χ4v) is 5.06. The molecule has 4 rings (SSSR count). The van der Waals surface area contributed by atoms with E-state index in [1.54, 1.807) is 60.7 Å². The Hall–Kier alpha value is -5.21. The second-order valence-electron chi connectivity index (χ2n) is 10.8. The summed E-state index contributed by atoms with van der Waals surface area (Å²) in [6.45, 7) is 3.88. The molecule has 1 aliphatic rings. The number of carboxylic acid groups (broad SMARTS) is 1. The number of nitrogens with one attached hydrogen (secondary N) is 1. The van der Waals surface area contributed by atoms with E-state index in [1.807, 2.05) is 26.0 Å². The second kappa shape index (κ2) is 15.9. The maximum Gasteiger partial charge on any atom is 0.310 e. The molecule has 246 valence electrons. The number of carboxylic acids is 1. The summed E-state index contributed by atoms with van der Waals surface area (Å²) in [7, 11) is -4.07. The molecule has 0 saturated carbocycles. The van der Waals surface area contributed by atoms with Gasteiger partial charge in [0.05, 0.1) is 46.7 Å². The average Bonchev–Trinajstić information content (AvgIpc) is 3.28. The van der Waals surface area contributed by atoms with E-state index < -0.39 is 27.8 Å². The van der Waals surface area contributed by atoms with Crippen LogP contribution in [0.1, 0.15) is 47.7 Å². The Kier molecular flexibility index (Phi) is 11.7. The van der Waals surface area contributed by atoms with Gasteiger partial charge in [0.25, 0.3) is 16.0 Å².